The second-order valence-electron chi connectivity index (χ2n) is 2.67. The van der Waals surface area contributed by atoms with Gasteiger partial charge < -0.3 is 15.2 Å². The molecule has 0 fully saturated rings. The Labute approximate surface area is 74.5 Å². The van der Waals surface area contributed by atoms with Crippen LogP contribution in [-0.4, -0.2) is 26.6 Å². The molecule has 3 heteroatoms. The van der Waals surface area contributed by atoms with Crippen molar-refractivity contribution in [2.45, 2.75) is 32.1 Å². The molecule has 0 aliphatic rings. The van der Waals surface area contributed by atoms with Gasteiger partial charge in [0.1, 0.15) is 0 Å². The fourth-order valence-electron chi connectivity index (χ4n) is 0.784. The summed E-state index contributed by atoms with van der Waals surface area (Å²) >= 11 is 0. The van der Waals surface area contributed by atoms with Crippen molar-refractivity contribution in [1.29, 1.82) is 0 Å². The average Bonchev–Trinajstić information content (AvgIpc) is 2.12. The summed E-state index contributed by atoms with van der Waals surface area (Å²) in [6.45, 7) is 2.07. The van der Waals surface area contributed by atoms with E-state index in [1.165, 1.54) is 0 Å². The third kappa shape index (κ3) is 5.29. The first kappa shape index (κ1) is 11.6. The van der Waals surface area contributed by atoms with Crippen LogP contribution in [0.25, 0.3) is 0 Å². The lowest BCUT2D eigenvalue weighted by Crippen LogP contribution is -2.17. The van der Waals surface area contributed by atoms with E-state index in [1.54, 1.807) is 14.2 Å². The highest BCUT2D eigenvalue weighted by molar-refractivity contribution is 4.87. The Morgan fingerprint density at radius 2 is 1.92 bits per heavy atom. The Kier molecular flexibility index (Phi) is 7.05. The van der Waals surface area contributed by atoms with Crippen molar-refractivity contribution in [3.63, 3.8) is 0 Å². The van der Waals surface area contributed by atoms with Gasteiger partial charge in [0.2, 0.25) is 0 Å². The molecule has 0 amide bonds. The molecular weight excluding hydrogens is 154 g/mol. The summed E-state index contributed by atoms with van der Waals surface area (Å²) in [6, 6.07) is 0.246. The summed E-state index contributed by atoms with van der Waals surface area (Å²) < 4.78 is 9.93. The number of ether oxygens (including phenoxy) is 2. The lowest BCUT2D eigenvalue weighted by atomic mass is 10.1. The Bertz CT molecular complexity index is 122. The first-order chi connectivity index (χ1) is 5.74. The van der Waals surface area contributed by atoms with Crippen molar-refractivity contribution < 1.29 is 9.47 Å². The van der Waals surface area contributed by atoms with E-state index >= 15 is 0 Å². The highest BCUT2D eigenvalue weighted by Gasteiger charge is 1.98. The standard InChI is InChI=1S/C9H19NO2/c1-4-8(10)6-5-7-9(11-2)12-3/h5,7-9H,4,6,10H2,1-3H3/b7-5+. The molecule has 0 spiro atoms. The SMILES string of the molecule is CCC(N)C/C=C/C(OC)OC. The largest absolute Gasteiger partial charge is 0.352 e. The van der Waals surface area contributed by atoms with Crippen LogP contribution in [0.4, 0.5) is 0 Å². The van der Waals surface area contributed by atoms with Crippen LogP contribution >= 0.6 is 0 Å². The monoisotopic (exact) mass is 173 g/mol. The van der Waals surface area contributed by atoms with Crippen LogP contribution < -0.4 is 5.73 Å². The predicted octanol–water partition coefficient (Wildman–Crippen LogP) is 1.29. The van der Waals surface area contributed by atoms with Crippen molar-refractivity contribution in [3.05, 3.63) is 12.2 Å². The van der Waals surface area contributed by atoms with Crippen LogP contribution in [-0.2, 0) is 9.47 Å². The van der Waals surface area contributed by atoms with Crippen LogP contribution in [0.15, 0.2) is 12.2 Å². The van der Waals surface area contributed by atoms with E-state index in [0.717, 1.165) is 12.8 Å². The van der Waals surface area contributed by atoms with Gasteiger partial charge in [-0.05, 0) is 18.9 Å². The van der Waals surface area contributed by atoms with E-state index in [9.17, 15) is 0 Å². The van der Waals surface area contributed by atoms with E-state index in [2.05, 4.69) is 6.92 Å². The topological polar surface area (TPSA) is 44.5 Å². The van der Waals surface area contributed by atoms with Gasteiger partial charge in [-0.15, -0.1) is 0 Å². The molecular formula is C9H19NO2. The molecule has 0 rings (SSSR count). The smallest absolute Gasteiger partial charge is 0.176 e. The quantitative estimate of drug-likeness (QED) is 0.486. The van der Waals surface area contributed by atoms with Crippen LogP contribution in [0, 0.1) is 0 Å². The second-order valence-corrected chi connectivity index (χ2v) is 2.67. The molecule has 0 aromatic rings. The fourth-order valence-corrected chi connectivity index (χ4v) is 0.784. The normalized spacial score (nSPS) is 14.4. The molecule has 0 saturated carbocycles. The molecule has 0 aliphatic heterocycles. The van der Waals surface area contributed by atoms with Gasteiger partial charge in [-0.2, -0.15) is 0 Å². The zero-order chi connectivity index (χ0) is 9.40. The molecule has 0 aromatic carbocycles. The summed E-state index contributed by atoms with van der Waals surface area (Å²) in [5.74, 6) is 0. The minimum Gasteiger partial charge on any atom is -0.352 e. The van der Waals surface area contributed by atoms with Crippen LogP contribution in [0.5, 0.6) is 0 Å². The minimum atomic E-state index is -0.242. The van der Waals surface area contributed by atoms with E-state index in [1.807, 2.05) is 12.2 Å². The second kappa shape index (κ2) is 7.28. The van der Waals surface area contributed by atoms with Gasteiger partial charge in [0.25, 0.3) is 0 Å². The molecule has 0 saturated heterocycles. The Hall–Kier alpha value is -0.380. The van der Waals surface area contributed by atoms with Gasteiger partial charge in [-0.3, -0.25) is 0 Å². The van der Waals surface area contributed by atoms with E-state index in [-0.39, 0.29) is 12.3 Å². The van der Waals surface area contributed by atoms with Crippen molar-refractivity contribution >= 4 is 0 Å². The van der Waals surface area contributed by atoms with E-state index in [0.29, 0.717) is 0 Å². The summed E-state index contributed by atoms with van der Waals surface area (Å²) in [7, 11) is 3.22. The Morgan fingerprint density at radius 3 is 2.33 bits per heavy atom. The minimum absolute atomic E-state index is 0.242. The highest BCUT2D eigenvalue weighted by Crippen LogP contribution is 1.98. The Balaban J connectivity index is 3.58. The molecule has 12 heavy (non-hydrogen) atoms. The maximum atomic E-state index is 5.71. The van der Waals surface area contributed by atoms with Crippen LogP contribution in [0.2, 0.25) is 0 Å². The number of hydrogen-bond acceptors (Lipinski definition) is 3. The first-order valence-corrected chi connectivity index (χ1v) is 4.22. The van der Waals surface area contributed by atoms with Gasteiger partial charge >= 0.3 is 0 Å². The van der Waals surface area contributed by atoms with Gasteiger partial charge in [0, 0.05) is 20.3 Å². The van der Waals surface area contributed by atoms with Gasteiger partial charge in [0.15, 0.2) is 6.29 Å². The van der Waals surface area contributed by atoms with Crippen LogP contribution in [0.1, 0.15) is 19.8 Å². The van der Waals surface area contributed by atoms with Gasteiger partial charge in [-0.1, -0.05) is 13.0 Å². The van der Waals surface area contributed by atoms with E-state index < -0.39 is 0 Å². The molecule has 2 N–H and O–H groups in total. The zero-order valence-corrected chi connectivity index (χ0v) is 8.12. The average molecular weight is 173 g/mol. The summed E-state index contributed by atoms with van der Waals surface area (Å²) in [4.78, 5) is 0. The molecule has 0 aromatic heterocycles. The van der Waals surface area contributed by atoms with E-state index in [4.69, 9.17) is 15.2 Å². The Morgan fingerprint density at radius 1 is 1.33 bits per heavy atom. The highest BCUT2D eigenvalue weighted by atomic mass is 16.7. The maximum absolute atomic E-state index is 5.71. The molecule has 0 aliphatic carbocycles. The maximum Gasteiger partial charge on any atom is 0.176 e. The number of methoxy groups -OCH3 is 2. The van der Waals surface area contributed by atoms with Crippen molar-refractivity contribution in [1.82, 2.24) is 0 Å². The molecule has 1 atom stereocenters. The third-order valence-corrected chi connectivity index (χ3v) is 1.72. The molecule has 3 nitrogen and oxygen atoms in total. The molecule has 72 valence electrons. The van der Waals surface area contributed by atoms with Crippen molar-refractivity contribution in [2.24, 2.45) is 5.73 Å². The zero-order valence-electron chi connectivity index (χ0n) is 8.12. The third-order valence-electron chi connectivity index (χ3n) is 1.72. The lowest BCUT2D eigenvalue weighted by Gasteiger charge is -2.08. The molecule has 0 radical (unpaired) electrons. The predicted molar refractivity (Wildman–Crippen MR) is 49.8 cm³/mol. The number of nitrogens with two attached hydrogens (primary N) is 1. The summed E-state index contributed by atoms with van der Waals surface area (Å²) in [6.07, 6.45) is 5.49. The fraction of sp³-hybridized carbons (Fsp3) is 0.778. The van der Waals surface area contributed by atoms with Gasteiger partial charge in [0.05, 0.1) is 0 Å². The van der Waals surface area contributed by atoms with Crippen molar-refractivity contribution in [2.75, 3.05) is 14.2 Å². The molecule has 1 unspecified atom stereocenters. The molecule has 0 heterocycles. The number of hydrogen-bond donors (Lipinski definition) is 1. The summed E-state index contributed by atoms with van der Waals surface area (Å²) in [5, 5.41) is 0. The lowest BCUT2D eigenvalue weighted by molar-refractivity contribution is -0.0667. The van der Waals surface area contributed by atoms with Gasteiger partial charge in [-0.25, -0.2) is 0 Å². The number of rotatable bonds is 6. The van der Waals surface area contributed by atoms with Crippen LogP contribution in [0.3, 0.4) is 0 Å². The van der Waals surface area contributed by atoms with Crippen molar-refractivity contribution in [3.8, 4) is 0 Å². The first-order valence-electron chi connectivity index (χ1n) is 4.22. The summed E-state index contributed by atoms with van der Waals surface area (Å²) in [5.41, 5.74) is 5.71. The molecule has 0 bridgehead atoms.